The van der Waals surface area contributed by atoms with E-state index in [1.165, 1.54) is 6.07 Å². The summed E-state index contributed by atoms with van der Waals surface area (Å²) in [5, 5.41) is 15.5. The van der Waals surface area contributed by atoms with E-state index in [0.717, 1.165) is 5.56 Å². The van der Waals surface area contributed by atoms with Gasteiger partial charge >= 0.3 is 5.97 Å². The molecule has 2 aromatic carbocycles. The fourth-order valence-electron chi connectivity index (χ4n) is 4.55. The number of nitrogens with one attached hydrogen (secondary N) is 3. The van der Waals surface area contributed by atoms with Crippen molar-refractivity contribution in [2.75, 3.05) is 18.5 Å². The standard InChI is InChI=1S/C29H29N3O6/c1-4-38-28(37)25-17(2)24(30-18(25)3)13-22-21-12-20(10-11-23(21)31-27(22)36)26(35)32-29(15-33,16-34)14-19-8-6-5-7-9-19/h5-13,15,30,34H,4,14,16H2,1-3H3,(H,31,36)(H,32,35). The fraction of sp³-hybridized carbons (Fsp3) is 0.241. The van der Waals surface area contributed by atoms with E-state index in [1.807, 2.05) is 30.3 Å². The highest BCUT2D eigenvalue weighted by molar-refractivity contribution is 6.35. The molecule has 2 amide bonds. The predicted octanol–water partition coefficient (Wildman–Crippen LogP) is 3.20. The van der Waals surface area contributed by atoms with Gasteiger partial charge in [0.15, 0.2) is 0 Å². The topological polar surface area (TPSA) is 138 Å². The minimum Gasteiger partial charge on any atom is -0.462 e. The number of hydrogen-bond donors (Lipinski definition) is 4. The maximum Gasteiger partial charge on any atom is 0.340 e. The van der Waals surface area contributed by atoms with Gasteiger partial charge in [-0.2, -0.15) is 0 Å². The van der Waals surface area contributed by atoms with E-state index in [-0.39, 0.29) is 24.5 Å². The van der Waals surface area contributed by atoms with Gasteiger partial charge in [-0.05, 0) is 56.2 Å². The second-order valence-corrected chi connectivity index (χ2v) is 9.21. The van der Waals surface area contributed by atoms with Gasteiger partial charge in [0.05, 0.1) is 24.4 Å². The highest BCUT2D eigenvalue weighted by Crippen LogP contribution is 2.35. The number of esters is 1. The van der Waals surface area contributed by atoms with E-state index in [0.29, 0.717) is 45.6 Å². The number of ether oxygens (including phenoxy) is 1. The molecular formula is C29H29N3O6. The molecule has 9 nitrogen and oxygen atoms in total. The van der Waals surface area contributed by atoms with Gasteiger partial charge in [0.25, 0.3) is 11.8 Å². The smallest absolute Gasteiger partial charge is 0.340 e. The summed E-state index contributed by atoms with van der Waals surface area (Å²) in [6, 6.07) is 13.8. The lowest BCUT2D eigenvalue weighted by molar-refractivity contribution is -0.114. The largest absolute Gasteiger partial charge is 0.462 e. The number of amides is 2. The van der Waals surface area contributed by atoms with Crippen molar-refractivity contribution in [2.45, 2.75) is 32.7 Å². The highest BCUT2D eigenvalue weighted by Gasteiger charge is 2.33. The van der Waals surface area contributed by atoms with Crippen LogP contribution in [0.25, 0.3) is 11.6 Å². The van der Waals surface area contributed by atoms with Gasteiger partial charge in [0.1, 0.15) is 11.8 Å². The number of aromatic amines is 1. The van der Waals surface area contributed by atoms with Crippen molar-refractivity contribution in [2.24, 2.45) is 0 Å². The Morgan fingerprint density at radius 3 is 2.53 bits per heavy atom. The maximum absolute atomic E-state index is 13.2. The number of carbonyl (C=O) groups excluding carboxylic acids is 4. The van der Waals surface area contributed by atoms with Gasteiger partial charge < -0.3 is 30.3 Å². The molecule has 0 bridgehead atoms. The Hall–Kier alpha value is -4.50. The third-order valence-corrected chi connectivity index (χ3v) is 6.54. The summed E-state index contributed by atoms with van der Waals surface area (Å²) in [5.74, 6) is -1.37. The molecule has 0 fully saturated rings. The zero-order valence-electron chi connectivity index (χ0n) is 21.4. The van der Waals surface area contributed by atoms with Gasteiger partial charge in [-0.1, -0.05) is 30.3 Å². The van der Waals surface area contributed by atoms with Crippen LogP contribution in [0.2, 0.25) is 0 Å². The first-order valence-corrected chi connectivity index (χ1v) is 12.2. The number of aliphatic hydroxyl groups excluding tert-OH is 1. The minimum absolute atomic E-state index is 0.115. The molecule has 38 heavy (non-hydrogen) atoms. The molecule has 0 radical (unpaired) electrons. The van der Waals surface area contributed by atoms with Crippen LogP contribution in [0.15, 0.2) is 48.5 Å². The van der Waals surface area contributed by atoms with Crippen molar-refractivity contribution in [3.63, 3.8) is 0 Å². The van der Waals surface area contributed by atoms with Crippen LogP contribution in [0.5, 0.6) is 0 Å². The zero-order chi connectivity index (χ0) is 27.4. The Morgan fingerprint density at radius 2 is 1.87 bits per heavy atom. The molecule has 3 aromatic rings. The lowest BCUT2D eigenvalue weighted by Gasteiger charge is -2.27. The third kappa shape index (κ3) is 5.14. The average Bonchev–Trinajstić information content (AvgIpc) is 3.37. The number of H-pyrrole nitrogens is 1. The molecule has 0 saturated heterocycles. The van der Waals surface area contributed by atoms with Crippen molar-refractivity contribution in [3.8, 4) is 0 Å². The summed E-state index contributed by atoms with van der Waals surface area (Å²) in [4.78, 5) is 53.5. The van der Waals surface area contributed by atoms with Crippen molar-refractivity contribution in [1.82, 2.24) is 10.3 Å². The Labute approximate surface area is 219 Å². The molecule has 1 aromatic heterocycles. The second kappa shape index (κ2) is 10.9. The van der Waals surface area contributed by atoms with Gasteiger partial charge in [-0.15, -0.1) is 0 Å². The molecule has 0 aliphatic carbocycles. The normalized spacial score (nSPS) is 14.9. The van der Waals surface area contributed by atoms with Gasteiger partial charge in [0, 0.05) is 34.6 Å². The molecule has 1 aliphatic heterocycles. The molecule has 4 N–H and O–H groups in total. The number of aromatic nitrogens is 1. The van der Waals surface area contributed by atoms with Crippen LogP contribution in [0.3, 0.4) is 0 Å². The Morgan fingerprint density at radius 1 is 1.13 bits per heavy atom. The van der Waals surface area contributed by atoms with Crippen LogP contribution in [0.4, 0.5) is 5.69 Å². The molecule has 2 heterocycles. The summed E-state index contributed by atoms with van der Waals surface area (Å²) in [6.45, 7) is 4.91. The van der Waals surface area contributed by atoms with E-state index in [9.17, 15) is 24.3 Å². The van der Waals surface area contributed by atoms with Crippen LogP contribution in [-0.2, 0) is 20.7 Å². The monoisotopic (exact) mass is 515 g/mol. The molecule has 0 saturated carbocycles. The first-order chi connectivity index (χ1) is 18.2. The first kappa shape index (κ1) is 26.6. The van der Waals surface area contributed by atoms with Crippen molar-refractivity contribution in [3.05, 3.63) is 87.7 Å². The van der Waals surface area contributed by atoms with E-state index in [2.05, 4.69) is 15.6 Å². The summed E-state index contributed by atoms with van der Waals surface area (Å²) in [6.07, 6.45) is 2.29. The number of anilines is 1. The SMILES string of the molecule is CCOC(=O)c1c(C)[nH]c(C=C2C(=O)Nc3ccc(C(=O)NC(C=O)(CO)Cc4ccccc4)cc32)c1C. The highest BCUT2D eigenvalue weighted by atomic mass is 16.5. The predicted molar refractivity (Wildman–Crippen MR) is 143 cm³/mol. The van der Waals surface area contributed by atoms with Crippen LogP contribution >= 0.6 is 0 Å². The lowest BCUT2D eigenvalue weighted by atomic mass is 9.92. The number of carbonyl (C=O) groups is 4. The molecule has 4 rings (SSSR count). The molecular weight excluding hydrogens is 486 g/mol. The van der Waals surface area contributed by atoms with E-state index in [1.54, 1.807) is 39.0 Å². The van der Waals surface area contributed by atoms with Crippen LogP contribution in [0, 0.1) is 13.8 Å². The van der Waals surface area contributed by atoms with Gasteiger partial charge in [0.2, 0.25) is 0 Å². The van der Waals surface area contributed by atoms with Crippen LogP contribution in [-0.4, -0.2) is 52.9 Å². The van der Waals surface area contributed by atoms with E-state index >= 15 is 0 Å². The average molecular weight is 516 g/mol. The fourth-order valence-corrected chi connectivity index (χ4v) is 4.55. The van der Waals surface area contributed by atoms with Gasteiger partial charge in [-0.3, -0.25) is 9.59 Å². The Bertz CT molecular complexity index is 1440. The summed E-state index contributed by atoms with van der Waals surface area (Å²) in [5.41, 5.74) is 3.06. The van der Waals surface area contributed by atoms with E-state index < -0.39 is 24.0 Å². The zero-order valence-corrected chi connectivity index (χ0v) is 21.4. The van der Waals surface area contributed by atoms with Crippen molar-refractivity contribution < 1.29 is 29.0 Å². The van der Waals surface area contributed by atoms with Crippen LogP contribution in [0.1, 0.15) is 55.7 Å². The molecule has 9 heteroatoms. The number of aryl methyl sites for hydroxylation is 1. The Balaban J connectivity index is 1.65. The van der Waals surface area contributed by atoms with E-state index in [4.69, 9.17) is 4.74 Å². The number of aldehydes is 1. The molecule has 1 aliphatic rings. The molecule has 0 spiro atoms. The second-order valence-electron chi connectivity index (χ2n) is 9.21. The number of fused-ring (bicyclic) bond motifs is 1. The Kier molecular flexibility index (Phi) is 7.59. The summed E-state index contributed by atoms with van der Waals surface area (Å²) < 4.78 is 5.14. The number of rotatable bonds is 9. The number of hydrogen-bond acceptors (Lipinski definition) is 6. The lowest BCUT2D eigenvalue weighted by Crippen LogP contribution is -2.54. The summed E-state index contributed by atoms with van der Waals surface area (Å²) >= 11 is 0. The minimum atomic E-state index is -1.51. The van der Waals surface area contributed by atoms with Crippen molar-refractivity contribution in [1.29, 1.82) is 0 Å². The quantitative estimate of drug-likeness (QED) is 0.196. The van der Waals surface area contributed by atoms with Crippen molar-refractivity contribution >= 4 is 41.4 Å². The molecule has 196 valence electrons. The third-order valence-electron chi connectivity index (χ3n) is 6.54. The van der Waals surface area contributed by atoms with Crippen LogP contribution < -0.4 is 10.6 Å². The molecule has 1 unspecified atom stereocenters. The van der Waals surface area contributed by atoms with Gasteiger partial charge in [-0.25, -0.2) is 4.79 Å². The molecule has 1 atom stereocenters. The number of benzene rings is 2. The maximum atomic E-state index is 13.2. The summed E-state index contributed by atoms with van der Waals surface area (Å²) in [7, 11) is 0. The number of aliphatic hydroxyl groups is 1. The first-order valence-electron chi connectivity index (χ1n) is 12.2.